The number of benzene rings is 3. The van der Waals surface area contributed by atoms with E-state index in [0.717, 1.165) is 65.8 Å². The number of hydrogen-bond acceptors (Lipinski definition) is 4. The van der Waals surface area contributed by atoms with Crippen molar-refractivity contribution in [1.29, 1.82) is 0 Å². The van der Waals surface area contributed by atoms with Crippen LogP contribution < -0.4 is 0 Å². The SMILES string of the molecule is O=C(O)CCc1cccc2c(-c3ncc(CN4CCOCC4)c4ccccc34)cccc12. The zero-order chi connectivity index (χ0) is 21.9. The lowest BCUT2D eigenvalue weighted by atomic mass is 9.93. The number of carbonyl (C=O) groups is 1. The van der Waals surface area contributed by atoms with Gasteiger partial charge in [-0.1, -0.05) is 60.7 Å². The van der Waals surface area contributed by atoms with Crippen molar-refractivity contribution in [2.75, 3.05) is 26.3 Å². The molecule has 162 valence electrons. The van der Waals surface area contributed by atoms with Gasteiger partial charge in [0.1, 0.15) is 0 Å². The number of ether oxygens (including phenoxy) is 1. The van der Waals surface area contributed by atoms with E-state index in [0.29, 0.717) is 6.42 Å². The van der Waals surface area contributed by atoms with Crippen molar-refractivity contribution in [2.45, 2.75) is 19.4 Å². The topological polar surface area (TPSA) is 62.7 Å². The van der Waals surface area contributed by atoms with Crippen LogP contribution in [-0.2, 0) is 22.5 Å². The third kappa shape index (κ3) is 4.09. The molecule has 1 saturated heterocycles. The number of nitrogens with zero attached hydrogens (tertiary/aromatic N) is 2. The van der Waals surface area contributed by atoms with Crippen LogP contribution in [0.1, 0.15) is 17.5 Å². The standard InChI is InChI=1S/C27H26N2O3/c30-26(31)12-11-19-5-3-9-23-21(19)8-4-10-25(23)27-24-7-2-1-6-22(24)20(17-28-27)18-29-13-15-32-16-14-29/h1-10,17H,11-16,18H2,(H,30,31). The molecule has 1 N–H and O–H groups in total. The Hall–Kier alpha value is -3.28. The van der Waals surface area contributed by atoms with E-state index in [1.165, 1.54) is 10.9 Å². The predicted molar refractivity (Wildman–Crippen MR) is 127 cm³/mol. The minimum Gasteiger partial charge on any atom is -0.481 e. The van der Waals surface area contributed by atoms with Crippen LogP contribution in [0.15, 0.2) is 66.9 Å². The van der Waals surface area contributed by atoms with Crippen LogP contribution in [0, 0.1) is 0 Å². The number of aryl methyl sites for hydroxylation is 1. The van der Waals surface area contributed by atoms with Gasteiger partial charge in [0.2, 0.25) is 0 Å². The first-order chi connectivity index (χ1) is 15.7. The van der Waals surface area contributed by atoms with E-state index in [-0.39, 0.29) is 6.42 Å². The van der Waals surface area contributed by atoms with Crippen molar-refractivity contribution in [1.82, 2.24) is 9.88 Å². The van der Waals surface area contributed by atoms with Gasteiger partial charge in [-0.25, -0.2) is 0 Å². The van der Waals surface area contributed by atoms with Gasteiger partial charge in [0.25, 0.3) is 0 Å². The fourth-order valence-electron chi connectivity index (χ4n) is 4.63. The summed E-state index contributed by atoms with van der Waals surface area (Å²) in [6.07, 6.45) is 2.66. The highest BCUT2D eigenvalue weighted by atomic mass is 16.5. The summed E-state index contributed by atoms with van der Waals surface area (Å²) in [5, 5.41) is 13.7. The molecule has 1 aliphatic rings. The van der Waals surface area contributed by atoms with Crippen molar-refractivity contribution >= 4 is 27.5 Å². The van der Waals surface area contributed by atoms with Crippen LogP contribution in [0.25, 0.3) is 32.8 Å². The van der Waals surface area contributed by atoms with Crippen LogP contribution >= 0.6 is 0 Å². The van der Waals surface area contributed by atoms with Gasteiger partial charge in [-0.05, 0) is 33.7 Å². The predicted octanol–water partition coefficient (Wildman–Crippen LogP) is 4.90. The number of carboxylic acid groups (broad SMARTS) is 1. The zero-order valence-electron chi connectivity index (χ0n) is 18.0. The fraction of sp³-hybridized carbons (Fsp3) is 0.259. The van der Waals surface area contributed by atoms with Crippen molar-refractivity contribution in [2.24, 2.45) is 0 Å². The first kappa shape index (κ1) is 20.6. The zero-order valence-corrected chi connectivity index (χ0v) is 18.0. The van der Waals surface area contributed by atoms with E-state index in [9.17, 15) is 4.79 Å². The highest BCUT2D eigenvalue weighted by Crippen LogP contribution is 2.35. The van der Waals surface area contributed by atoms with Crippen LogP contribution in [0.4, 0.5) is 0 Å². The van der Waals surface area contributed by atoms with Crippen LogP contribution in [0.2, 0.25) is 0 Å². The molecule has 0 bridgehead atoms. The van der Waals surface area contributed by atoms with Crippen molar-refractivity contribution < 1.29 is 14.6 Å². The Morgan fingerprint density at radius 3 is 2.38 bits per heavy atom. The number of morpholine rings is 1. The molecule has 3 aromatic carbocycles. The number of aliphatic carboxylic acids is 1. The molecule has 5 nitrogen and oxygen atoms in total. The number of carboxylic acids is 1. The highest BCUT2D eigenvalue weighted by Gasteiger charge is 2.16. The lowest BCUT2D eigenvalue weighted by Crippen LogP contribution is -2.35. The molecule has 0 amide bonds. The third-order valence-electron chi connectivity index (χ3n) is 6.25. The van der Waals surface area contributed by atoms with E-state index < -0.39 is 5.97 Å². The molecule has 0 spiro atoms. The Bertz CT molecular complexity index is 1280. The highest BCUT2D eigenvalue weighted by molar-refractivity contribution is 6.05. The van der Waals surface area contributed by atoms with Crippen LogP contribution in [0.5, 0.6) is 0 Å². The summed E-state index contributed by atoms with van der Waals surface area (Å²) >= 11 is 0. The second kappa shape index (κ2) is 9.07. The van der Waals surface area contributed by atoms with E-state index in [4.69, 9.17) is 14.8 Å². The lowest BCUT2D eigenvalue weighted by Gasteiger charge is -2.27. The molecule has 0 aliphatic carbocycles. The molecule has 0 radical (unpaired) electrons. The molecule has 2 heterocycles. The molecule has 1 fully saturated rings. The van der Waals surface area contributed by atoms with Crippen molar-refractivity contribution in [3.05, 3.63) is 78.0 Å². The normalized spacial score (nSPS) is 14.8. The van der Waals surface area contributed by atoms with Crippen LogP contribution in [0.3, 0.4) is 0 Å². The van der Waals surface area contributed by atoms with Crippen molar-refractivity contribution in [3.8, 4) is 11.3 Å². The number of rotatable bonds is 6. The maximum absolute atomic E-state index is 11.1. The smallest absolute Gasteiger partial charge is 0.303 e. The number of aromatic nitrogens is 1. The molecule has 1 aliphatic heterocycles. The number of pyridine rings is 1. The quantitative estimate of drug-likeness (QED) is 0.475. The summed E-state index contributed by atoms with van der Waals surface area (Å²) in [6.45, 7) is 4.32. The summed E-state index contributed by atoms with van der Waals surface area (Å²) in [5.41, 5.74) is 4.33. The minimum atomic E-state index is -0.776. The van der Waals surface area contributed by atoms with Gasteiger partial charge in [-0.15, -0.1) is 0 Å². The molecular formula is C27H26N2O3. The molecule has 32 heavy (non-hydrogen) atoms. The van der Waals surface area contributed by atoms with E-state index in [2.05, 4.69) is 47.4 Å². The van der Waals surface area contributed by atoms with Gasteiger partial charge in [0.15, 0.2) is 0 Å². The Morgan fingerprint density at radius 2 is 1.56 bits per heavy atom. The van der Waals surface area contributed by atoms with Crippen LogP contribution in [-0.4, -0.2) is 47.3 Å². The Kier molecular flexibility index (Phi) is 5.84. The van der Waals surface area contributed by atoms with Gasteiger partial charge in [-0.2, -0.15) is 0 Å². The van der Waals surface area contributed by atoms with Gasteiger partial charge in [0.05, 0.1) is 18.9 Å². The van der Waals surface area contributed by atoms with E-state index >= 15 is 0 Å². The first-order valence-electron chi connectivity index (χ1n) is 11.1. The fourth-order valence-corrected chi connectivity index (χ4v) is 4.63. The molecule has 5 rings (SSSR count). The Labute approximate surface area is 187 Å². The summed E-state index contributed by atoms with van der Waals surface area (Å²) < 4.78 is 5.49. The molecule has 5 heteroatoms. The first-order valence-corrected chi connectivity index (χ1v) is 11.1. The maximum atomic E-state index is 11.1. The summed E-state index contributed by atoms with van der Waals surface area (Å²) in [7, 11) is 0. The number of hydrogen-bond donors (Lipinski definition) is 1. The molecule has 0 atom stereocenters. The average molecular weight is 427 g/mol. The molecule has 1 aromatic heterocycles. The Morgan fingerprint density at radius 1 is 0.875 bits per heavy atom. The maximum Gasteiger partial charge on any atom is 0.303 e. The van der Waals surface area contributed by atoms with Gasteiger partial charge in [-0.3, -0.25) is 14.7 Å². The Balaban J connectivity index is 1.60. The van der Waals surface area contributed by atoms with Gasteiger partial charge < -0.3 is 9.84 Å². The second-order valence-electron chi connectivity index (χ2n) is 8.28. The summed E-state index contributed by atoms with van der Waals surface area (Å²) in [4.78, 5) is 18.5. The van der Waals surface area contributed by atoms with Gasteiger partial charge in [0, 0.05) is 43.2 Å². The third-order valence-corrected chi connectivity index (χ3v) is 6.25. The summed E-state index contributed by atoms with van der Waals surface area (Å²) in [6, 6.07) is 20.8. The molecule has 0 unspecified atom stereocenters. The van der Waals surface area contributed by atoms with E-state index in [1.807, 2.05) is 24.4 Å². The molecule has 0 saturated carbocycles. The monoisotopic (exact) mass is 426 g/mol. The molecular weight excluding hydrogens is 400 g/mol. The molecule has 4 aromatic rings. The lowest BCUT2D eigenvalue weighted by molar-refractivity contribution is -0.136. The largest absolute Gasteiger partial charge is 0.481 e. The second-order valence-corrected chi connectivity index (χ2v) is 8.28. The number of fused-ring (bicyclic) bond motifs is 2. The summed E-state index contributed by atoms with van der Waals surface area (Å²) in [5.74, 6) is -0.776. The van der Waals surface area contributed by atoms with Crippen molar-refractivity contribution in [3.63, 3.8) is 0 Å². The van der Waals surface area contributed by atoms with E-state index in [1.54, 1.807) is 0 Å². The van der Waals surface area contributed by atoms with Gasteiger partial charge >= 0.3 is 5.97 Å². The average Bonchev–Trinajstić information content (AvgIpc) is 2.83. The minimum absolute atomic E-state index is 0.126.